The summed E-state index contributed by atoms with van der Waals surface area (Å²) in [5.74, 6) is -0.583. The van der Waals surface area contributed by atoms with Gasteiger partial charge in [0.1, 0.15) is 0 Å². The summed E-state index contributed by atoms with van der Waals surface area (Å²) in [6, 6.07) is 16.4. The molecule has 2 heterocycles. The first-order valence-electron chi connectivity index (χ1n) is 9.59. The van der Waals surface area contributed by atoms with Gasteiger partial charge in [0, 0.05) is 37.8 Å². The first-order chi connectivity index (χ1) is 13.1. The molecular weight excluding hydrogens is 338 g/mol. The number of anilines is 1. The second-order valence-corrected chi connectivity index (χ2v) is 7.48. The topological polar surface area (TPSA) is 61.4 Å². The third kappa shape index (κ3) is 3.74. The monoisotopic (exact) mass is 363 g/mol. The molecule has 2 aromatic carbocycles. The second-order valence-electron chi connectivity index (χ2n) is 7.48. The molecule has 27 heavy (non-hydrogen) atoms. The fraction of sp³-hybridized carbons (Fsp3) is 0.364. The summed E-state index contributed by atoms with van der Waals surface area (Å²) < 4.78 is 0. The standard InChI is InChI=1S/C22H25N3O2/c1-15(25-11-10-16-6-2-3-7-17(16)14-25)13-23-22(27)19-12-21(26)24-20-9-5-4-8-18(19)20/h2-9,15,19H,10-14H2,1H3,(H,23,27)(H,24,26)/t15-,19-/m1/s1. The normalized spacial score (nSPS) is 20.2. The van der Waals surface area contributed by atoms with Crippen LogP contribution < -0.4 is 10.6 Å². The largest absolute Gasteiger partial charge is 0.354 e. The molecule has 5 nitrogen and oxygen atoms in total. The molecule has 2 atom stereocenters. The number of benzene rings is 2. The van der Waals surface area contributed by atoms with Crippen molar-refractivity contribution >= 4 is 17.5 Å². The van der Waals surface area contributed by atoms with Crippen molar-refractivity contribution < 1.29 is 9.59 Å². The maximum Gasteiger partial charge on any atom is 0.228 e. The second kappa shape index (κ2) is 7.53. The van der Waals surface area contributed by atoms with Crippen LogP contribution >= 0.6 is 0 Å². The van der Waals surface area contributed by atoms with Gasteiger partial charge in [0.15, 0.2) is 0 Å². The van der Waals surface area contributed by atoms with Gasteiger partial charge in [-0.15, -0.1) is 0 Å². The van der Waals surface area contributed by atoms with Gasteiger partial charge >= 0.3 is 0 Å². The van der Waals surface area contributed by atoms with Gasteiger partial charge in [-0.2, -0.15) is 0 Å². The lowest BCUT2D eigenvalue weighted by atomic mass is 9.90. The van der Waals surface area contributed by atoms with Crippen molar-refractivity contribution in [2.75, 3.05) is 18.4 Å². The van der Waals surface area contributed by atoms with Crippen molar-refractivity contribution in [2.24, 2.45) is 0 Å². The number of amides is 2. The molecule has 0 saturated heterocycles. The van der Waals surface area contributed by atoms with E-state index >= 15 is 0 Å². The van der Waals surface area contributed by atoms with Crippen LogP contribution in [0.1, 0.15) is 36.0 Å². The summed E-state index contributed by atoms with van der Waals surface area (Å²) in [6.45, 7) is 4.65. The van der Waals surface area contributed by atoms with Crippen LogP contribution in [0.25, 0.3) is 0 Å². The first-order valence-corrected chi connectivity index (χ1v) is 9.59. The molecule has 0 fully saturated rings. The van der Waals surface area contributed by atoms with E-state index in [0.717, 1.165) is 30.8 Å². The Morgan fingerprint density at radius 2 is 1.93 bits per heavy atom. The van der Waals surface area contributed by atoms with E-state index in [2.05, 4.69) is 46.7 Å². The molecule has 0 aromatic heterocycles. The van der Waals surface area contributed by atoms with E-state index in [0.29, 0.717) is 6.54 Å². The third-order valence-corrected chi connectivity index (χ3v) is 5.67. The molecular formula is C22H25N3O2. The van der Waals surface area contributed by atoms with Gasteiger partial charge in [0.25, 0.3) is 0 Å². The molecule has 0 aliphatic carbocycles. The van der Waals surface area contributed by atoms with Gasteiger partial charge in [0.2, 0.25) is 11.8 Å². The van der Waals surface area contributed by atoms with Gasteiger partial charge in [0.05, 0.1) is 5.92 Å². The van der Waals surface area contributed by atoms with E-state index in [1.807, 2.05) is 24.3 Å². The van der Waals surface area contributed by atoms with Gasteiger partial charge in [-0.05, 0) is 36.1 Å². The molecule has 0 radical (unpaired) electrons. The van der Waals surface area contributed by atoms with Crippen molar-refractivity contribution in [3.05, 3.63) is 65.2 Å². The van der Waals surface area contributed by atoms with E-state index in [1.165, 1.54) is 11.1 Å². The van der Waals surface area contributed by atoms with Crippen molar-refractivity contribution in [1.29, 1.82) is 0 Å². The SMILES string of the molecule is C[C@H](CNC(=O)[C@@H]1CC(=O)Nc2ccccc21)N1CCc2ccccc2C1. The minimum Gasteiger partial charge on any atom is -0.354 e. The Hall–Kier alpha value is -2.66. The number of para-hydroxylation sites is 1. The molecule has 2 aliphatic heterocycles. The molecule has 2 aromatic rings. The summed E-state index contributed by atoms with van der Waals surface area (Å²) in [5, 5.41) is 5.92. The zero-order valence-corrected chi connectivity index (χ0v) is 15.6. The summed E-state index contributed by atoms with van der Waals surface area (Å²) in [7, 11) is 0. The minimum absolute atomic E-state index is 0.0680. The lowest BCUT2D eigenvalue weighted by molar-refractivity contribution is -0.126. The average molecular weight is 363 g/mol. The van der Waals surface area contributed by atoms with E-state index in [-0.39, 0.29) is 24.3 Å². The Balaban J connectivity index is 1.38. The Morgan fingerprint density at radius 3 is 2.78 bits per heavy atom. The van der Waals surface area contributed by atoms with Gasteiger partial charge < -0.3 is 10.6 Å². The molecule has 2 aliphatic rings. The molecule has 5 heteroatoms. The first kappa shape index (κ1) is 17.7. The zero-order valence-electron chi connectivity index (χ0n) is 15.6. The molecule has 0 spiro atoms. The quantitative estimate of drug-likeness (QED) is 0.878. The number of rotatable bonds is 4. The highest BCUT2D eigenvalue weighted by atomic mass is 16.2. The fourth-order valence-corrected chi connectivity index (χ4v) is 4.04. The molecule has 0 bridgehead atoms. The number of carbonyl (C=O) groups is 2. The lowest BCUT2D eigenvalue weighted by Crippen LogP contribution is -2.45. The predicted molar refractivity (Wildman–Crippen MR) is 105 cm³/mol. The molecule has 2 N–H and O–H groups in total. The van der Waals surface area contributed by atoms with E-state index in [9.17, 15) is 9.59 Å². The van der Waals surface area contributed by atoms with Crippen molar-refractivity contribution in [3.63, 3.8) is 0 Å². The highest BCUT2D eigenvalue weighted by Gasteiger charge is 2.30. The molecule has 0 unspecified atom stereocenters. The molecule has 0 saturated carbocycles. The van der Waals surface area contributed by atoms with Crippen LogP contribution in [-0.4, -0.2) is 35.8 Å². The number of hydrogen-bond acceptors (Lipinski definition) is 3. The van der Waals surface area contributed by atoms with Crippen LogP contribution in [0.2, 0.25) is 0 Å². The van der Waals surface area contributed by atoms with Gasteiger partial charge in [-0.25, -0.2) is 0 Å². The van der Waals surface area contributed by atoms with E-state index in [4.69, 9.17) is 0 Å². The fourth-order valence-electron chi connectivity index (χ4n) is 4.04. The van der Waals surface area contributed by atoms with Gasteiger partial charge in [-0.3, -0.25) is 14.5 Å². The van der Waals surface area contributed by atoms with Crippen LogP contribution in [0.15, 0.2) is 48.5 Å². The third-order valence-electron chi connectivity index (χ3n) is 5.67. The Morgan fingerprint density at radius 1 is 1.19 bits per heavy atom. The van der Waals surface area contributed by atoms with Crippen LogP contribution in [0.5, 0.6) is 0 Å². The smallest absolute Gasteiger partial charge is 0.228 e. The van der Waals surface area contributed by atoms with Crippen molar-refractivity contribution in [1.82, 2.24) is 10.2 Å². The Kier molecular flexibility index (Phi) is 4.94. The van der Waals surface area contributed by atoms with Crippen LogP contribution in [0.3, 0.4) is 0 Å². The van der Waals surface area contributed by atoms with Crippen molar-refractivity contribution in [3.8, 4) is 0 Å². The number of hydrogen-bond donors (Lipinski definition) is 2. The summed E-state index contributed by atoms with van der Waals surface area (Å²) in [4.78, 5) is 27.1. The molecule has 2 amide bonds. The number of carbonyl (C=O) groups excluding carboxylic acids is 2. The molecule has 140 valence electrons. The summed E-state index contributed by atoms with van der Waals surface area (Å²) in [5.41, 5.74) is 4.44. The maximum absolute atomic E-state index is 12.8. The van der Waals surface area contributed by atoms with Gasteiger partial charge in [-0.1, -0.05) is 42.5 Å². The number of nitrogens with one attached hydrogen (secondary N) is 2. The van der Waals surface area contributed by atoms with Crippen LogP contribution in [0.4, 0.5) is 5.69 Å². The van der Waals surface area contributed by atoms with E-state index in [1.54, 1.807) is 0 Å². The zero-order chi connectivity index (χ0) is 18.8. The highest BCUT2D eigenvalue weighted by Crippen LogP contribution is 2.32. The minimum atomic E-state index is -0.413. The number of nitrogens with zero attached hydrogens (tertiary/aromatic N) is 1. The van der Waals surface area contributed by atoms with Crippen molar-refractivity contribution in [2.45, 2.75) is 38.3 Å². The molecule has 4 rings (SSSR count). The Labute approximate surface area is 159 Å². The summed E-state index contributed by atoms with van der Waals surface area (Å²) in [6.07, 6.45) is 1.25. The predicted octanol–water partition coefficient (Wildman–Crippen LogP) is 2.68. The summed E-state index contributed by atoms with van der Waals surface area (Å²) >= 11 is 0. The Bertz CT molecular complexity index is 864. The van der Waals surface area contributed by atoms with Crippen LogP contribution in [-0.2, 0) is 22.6 Å². The van der Waals surface area contributed by atoms with E-state index < -0.39 is 5.92 Å². The van der Waals surface area contributed by atoms with Crippen LogP contribution in [0, 0.1) is 0 Å². The maximum atomic E-state index is 12.8. The average Bonchev–Trinajstić information content (AvgIpc) is 2.70. The highest BCUT2D eigenvalue weighted by molar-refractivity contribution is 6.01. The number of fused-ring (bicyclic) bond motifs is 2. The lowest BCUT2D eigenvalue weighted by Gasteiger charge is -2.34.